The Morgan fingerprint density at radius 2 is 1.87 bits per heavy atom. The predicted octanol–water partition coefficient (Wildman–Crippen LogP) is 1.75. The molecule has 0 atom stereocenters. The Balaban J connectivity index is 2.39. The van der Waals surface area contributed by atoms with E-state index in [-0.39, 0.29) is 17.0 Å². The van der Waals surface area contributed by atoms with Gasteiger partial charge in [0.25, 0.3) is 0 Å². The van der Waals surface area contributed by atoms with Crippen LogP contribution in [0.3, 0.4) is 0 Å². The second-order valence-corrected chi connectivity index (χ2v) is 4.69. The Labute approximate surface area is 89.5 Å². The van der Waals surface area contributed by atoms with E-state index in [9.17, 15) is 10.2 Å². The molecule has 0 spiro atoms. The third-order valence-corrected chi connectivity index (χ3v) is 3.39. The summed E-state index contributed by atoms with van der Waals surface area (Å²) in [6.45, 7) is 3.76. The van der Waals surface area contributed by atoms with Crippen LogP contribution in [0.1, 0.15) is 29.5 Å². The Hall–Kier alpha value is -1.22. The van der Waals surface area contributed by atoms with Crippen molar-refractivity contribution in [1.82, 2.24) is 0 Å². The van der Waals surface area contributed by atoms with Crippen molar-refractivity contribution in [2.45, 2.75) is 38.6 Å². The van der Waals surface area contributed by atoms with Crippen LogP contribution in [0.4, 0.5) is 0 Å². The molecule has 0 radical (unpaired) electrons. The standard InChI is InChI=1S/C12H17NO2/c1-7-8(2)11(15)10(14)5-9(7)6-12(13)3-4-12/h5,14-15H,3-4,6,13H2,1-2H3. The monoisotopic (exact) mass is 207 g/mol. The zero-order chi connectivity index (χ0) is 11.2. The molecule has 4 N–H and O–H groups in total. The minimum atomic E-state index is -0.0688. The number of phenolic OH excluding ortho intramolecular Hbond substituents is 2. The number of nitrogens with two attached hydrogens (primary N) is 1. The second kappa shape index (κ2) is 3.14. The zero-order valence-electron chi connectivity index (χ0n) is 9.17. The van der Waals surface area contributed by atoms with E-state index in [1.807, 2.05) is 13.8 Å². The van der Waals surface area contributed by atoms with E-state index in [0.717, 1.165) is 36.0 Å². The molecule has 1 aliphatic carbocycles. The van der Waals surface area contributed by atoms with Crippen molar-refractivity contribution in [3.05, 3.63) is 22.8 Å². The molecule has 0 aromatic heterocycles. The highest BCUT2D eigenvalue weighted by Gasteiger charge is 2.38. The van der Waals surface area contributed by atoms with Crippen molar-refractivity contribution in [3.8, 4) is 11.5 Å². The topological polar surface area (TPSA) is 66.5 Å². The number of hydrogen-bond acceptors (Lipinski definition) is 3. The van der Waals surface area contributed by atoms with Crippen LogP contribution >= 0.6 is 0 Å². The fourth-order valence-corrected chi connectivity index (χ4v) is 1.85. The summed E-state index contributed by atoms with van der Waals surface area (Å²) >= 11 is 0. The maximum absolute atomic E-state index is 9.54. The molecule has 15 heavy (non-hydrogen) atoms. The van der Waals surface area contributed by atoms with Crippen molar-refractivity contribution in [1.29, 1.82) is 0 Å². The van der Waals surface area contributed by atoms with Gasteiger partial charge in [0.05, 0.1) is 0 Å². The Morgan fingerprint density at radius 3 is 2.40 bits per heavy atom. The summed E-state index contributed by atoms with van der Waals surface area (Å²) in [5, 5.41) is 19.1. The lowest BCUT2D eigenvalue weighted by atomic mass is 9.95. The van der Waals surface area contributed by atoms with Gasteiger partial charge in [-0.25, -0.2) is 0 Å². The molecule has 0 bridgehead atoms. The van der Waals surface area contributed by atoms with Crippen LogP contribution in [-0.2, 0) is 6.42 Å². The molecule has 3 heteroatoms. The maximum atomic E-state index is 9.54. The smallest absolute Gasteiger partial charge is 0.160 e. The Morgan fingerprint density at radius 1 is 1.27 bits per heavy atom. The summed E-state index contributed by atoms with van der Waals surface area (Å²) in [4.78, 5) is 0. The molecule has 1 fully saturated rings. The molecule has 1 aromatic carbocycles. The van der Waals surface area contributed by atoms with E-state index in [2.05, 4.69) is 0 Å². The highest BCUT2D eigenvalue weighted by atomic mass is 16.3. The maximum Gasteiger partial charge on any atom is 0.160 e. The van der Waals surface area contributed by atoms with Crippen molar-refractivity contribution in [2.75, 3.05) is 0 Å². The van der Waals surface area contributed by atoms with Gasteiger partial charge in [-0.3, -0.25) is 0 Å². The van der Waals surface area contributed by atoms with Crippen molar-refractivity contribution in [2.24, 2.45) is 5.73 Å². The SMILES string of the molecule is Cc1c(CC2(N)CC2)cc(O)c(O)c1C. The minimum absolute atomic E-state index is 0.0156. The van der Waals surface area contributed by atoms with Crippen LogP contribution in [0.15, 0.2) is 6.07 Å². The first kappa shape index (κ1) is 10.3. The second-order valence-electron chi connectivity index (χ2n) is 4.69. The number of benzene rings is 1. The lowest BCUT2D eigenvalue weighted by molar-refractivity contribution is 0.399. The molecule has 0 heterocycles. The molecule has 0 aliphatic heterocycles. The molecule has 1 saturated carbocycles. The Bertz CT molecular complexity index is 409. The van der Waals surface area contributed by atoms with Crippen LogP contribution in [0, 0.1) is 13.8 Å². The summed E-state index contributed by atoms with van der Waals surface area (Å²) in [6, 6.07) is 1.63. The van der Waals surface area contributed by atoms with Gasteiger partial charge in [0.2, 0.25) is 0 Å². The number of phenols is 2. The number of rotatable bonds is 2. The van der Waals surface area contributed by atoms with E-state index >= 15 is 0 Å². The quantitative estimate of drug-likeness (QED) is 0.647. The first-order valence-electron chi connectivity index (χ1n) is 5.23. The minimum Gasteiger partial charge on any atom is -0.504 e. The van der Waals surface area contributed by atoms with Gasteiger partial charge in [-0.1, -0.05) is 0 Å². The molecule has 3 nitrogen and oxygen atoms in total. The van der Waals surface area contributed by atoms with Gasteiger partial charge in [0, 0.05) is 5.54 Å². The summed E-state index contributed by atoms with van der Waals surface area (Å²) in [5.74, 6) is -0.0598. The van der Waals surface area contributed by atoms with Gasteiger partial charge in [0.1, 0.15) is 0 Å². The average Bonchev–Trinajstić information content (AvgIpc) is 2.89. The van der Waals surface area contributed by atoms with E-state index in [0.29, 0.717) is 0 Å². The highest BCUT2D eigenvalue weighted by molar-refractivity contribution is 5.52. The fourth-order valence-electron chi connectivity index (χ4n) is 1.85. The summed E-state index contributed by atoms with van der Waals surface area (Å²) in [5.41, 5.74) is 8.79. The van der Waals surface area contributed by atoms with Crippen LogP contribution in [-0.4, -0.2) is 15.8 Å². The van der Waals surface area contributed by atoms with Crippen molar-refractivity contribution >= 4 is 0 Å². The van der Waals surface area contributed by atoms with Crippen molar-refractivity contribution in [3.63, 3.8) is 0 Å². The molecule has 1 aliphatic rings. The third-order valence-electron chi connectivity index (χ3n) is 3.39. The molecular weight excluding hydrogens is 190 g/mol. The van der Waals surface area contributed by atoms with Gasteiger partial charge in [0.15, 0.2) is 11.5 Å². The largest absolute Gasteiger partial charge is 0.504 e. The van der Waals surface area contributed by atoms with Crippen LogP contribution in [0.2, 0.25) is 0 Å². The number of hydrogen-bond donors (Lipinski definition) is 3. The van der Waals surface area contributed by atoms with E-state index in [1.165, 1.54) is 0 Å². The molecule has 0 saturated heterocycles. The normalized spacial score (nSPS) is 17.8. The van der Waals surface area contributed by atoms with Gasteiger partial charge in [-0.05, 0) is 55.9 Å². The van der Waals surface area contributed by atoms with Gasteiger partial charge in [-0.15, -0.1) is 0 Å². The van der Waals surface area contributed by atoms with Gasteiger partial charge >= 0.3 is 0 Å². The zero-order valence-corrected chi connectivity index (χ0v) is 9.17. The lowest BCUT2D eigenvalue weighted by Gasteiger charge is -2.15. The number of aromatic hydroxyl groups is 2. The summed E-state index contributed by atoms with van der Waals surface area (Å²) in [6.07, 6.45) is 2.88. The average molecular weight is 207 g/mol. The van der Waals surface area contributed by atoms with Crippen LogP contribution in [0.5, 0.6) is 11.5 Å². The van der Waals surface area contributed by atoms with Gasteiger partial charge < -0.3 is 15.9 Å². The van der Waals surface area contributed by atoms with Crippen molar-refractivity contribution < 1.29 is 10.2 Å². The Kier molecular flexibility index (Phi) is 2.15. The highest BCUT2D eigenvalue weighted by Crippen LogP contribution is 2.40. The molecule has 82 valence electrons. The fraction of sp³-hybridized carbons (Fsp3) is 0.500. The predicted molar refractivity (Wildman–Crippen MR) is 59.1 cm³/mol. The molecule has 0 unspecified atom stereocenters. The summed E-state index contributed by atoms with van der Waals surface area (Å²) in [7, 11) is 0. The molecule has 2 rings (SSSR count). The van der Waals surface area contributed by atoms with Gasteiger partial charge in [-0.2, -0.15) is 0 Å². The molecule has 1 aromatic rings. The van der Waals surface area contributed by atoms with Crippen LogP contribution in [0.25, 0.3) is 0 Å². The third kappa shape index (κ3) is 1.79. The van der Waals surface area contributed by atoms with E-state index in [4.69, 9.17) is 5.73 Å². The summed E-state index contributed by atoms with van der Waals surface area (Å²) < 4.78 is 0. The van der Waals surface area contributed by atoms with Crippen LogP contribution < -0.4 is 5.73 Å². The molecular formula is C12H17NO2. The lowest BCUT2D eigenvalue weighted by Crippen LogP contribution is -2.25. The van der Waals surface area contributed by atoms with E-state index < -0.39 is 0 Å². The first-order valence-corrected chi connectivity index (χ1v) is 5.23. The molecule has 0 amide bonds. The first-order chi connectivity index (χ1) is 6.93. The van der Waals surface area contributed by atoms with E-state index in [1.54, 1.807) is 6.07 Å².